The maximum Gasteiger partial charge on any atom is 0.273 e. The molecular weight excluding hydrogens is 344 g/mol. The summed E-state index contributed by atoms with van der Waals surface area (Å²) in [7, 11) is 0. The molecule has 25 heavy (non-hydrogen) atoms. The molecule has 4 rings (SSSR count). The number of hydrogen-bond donors (Lipinski definition) is 1. The van der Waals surface area contributed by atoms with Gasteiger partial charge in [0.2, 0.25) is 0 Å². The van der Waals surface area contributed by atoms with E-state index in [0.29, 0.717) is 43.6 Å². The maximum absolute atomic E-state index is 12.3. The van der Waals surface area contributed by atoms with Gasteiger partial charge in [0, 0.05) is 29.0 Å². The summed E-state index contributed by atoms with van der Waals surface area (Å²) in [5.41, 5.74) is 2.32. The third-order valence-corrected chi connectivity index (χ3v) is 4.70. The van der Waals surface area contributed by atoms with Crippen LogP contribution in [-0.2, 0) is 24.2 Å². The van der Waals surface area contributed by atoms with E-state index < -0.39 is 0 Å². The summed E-state index contributed by atoms with van der Waals surface area (Å²) >= 11 is 6.14. The third kappa shape index (κ3) is 3.34. The number of carbonyl (C=O) groups is 1. The minimum absolute atomic E-state index is 0.0696. The number of nitrogens with zero attached hydrogens (tertiary/aromatic N) is 3. The molecule has 1 aromatic carbocycles. The topological polar surface area (TPSA) is 78.3 Å². The molecule has 0 atom stereocenters. The quantitative estimate of drug-likeness (QED) is 0.878. The largest absolute Gasteiger partial charge is 0.493 e. The van der Waals surface area contributed by atoms with E-state index in [-0.39, 0.29) is 11.3 Å². The lowest BCUT2D eigenvalue weighted by molar-refractivity contribution is -0.111. The van der Waals surface area contributed by atoms with E-state index in [4.69, 9.17) is 21.1 Å². The van der Waals surface area contributed by atoms with E-state index in [1.54, 1.807) is 10.9 Å². The molecule has 0 spiro atoms. The van der Waals surface area contributed by atoms with Gasteiger partial charge in [-0.2, -0.15) is 0 Å². The average Bonchev–Trinajstić information content (AvgIpc) is 3.19. The fraction of sp³-hybridized carbons (Fsp3) is 0.471. The smallest absolute Gasteiger partial charge is 0.273 e. The lowest BCUT2D eigenvalue weighted by atomic mass is 9.89. The van der Waals surface area contributed by atoms with Gasteiger partial charge in [-0.25, -0.2) is 0 Å². The number of halogens is 1. The zero-order chi connectivity index (χ0) is 17.4. The number of hydrogen-bond acceptors (Lipinski definition) is 5. The van der Waals surface area contributed by atoms with Crippen molar-refractivity contribution in [3.05, 3.63) is 40.2 Å². The van der Waals surface area contributed by atoms with Crippen LogP contribution in [-0.4, -0.2) is 40.7 Å². The van der Waals surface area contributed by atoms with E-state index in [9.17, 15) is 4.79 Å². The van der Waals surface area contributed by atoms with Gasteiger partial charge in [-0.15, -0.1) is 5.10 Å². The molecule has 1 aromatic heterocycles. The molecule has 1 N–H and O–H groups in total. The third-order valence-electron chi connectivity index (χ3n) is 4.48. The van der Waals surface area contributed by atoms with Gasteiger partial charge in [-0.05, 0) is 17.7 Å². The summed E-state index contributed by atoms with van der Waals surface area (Å²) in [6, 6.07) is 3.73. The van der Waals surface area contributed by atoms with Crippen LogP contribution in [0, 0.1) is 5.41 Å². The standard InChI is InChI=1S/C17H19ClN4O3/c1-17(9-24-10-17)8-22-7-14(20-21-22)16(23)19-6-12-5-13(18)4-11-2-3-25-15(11)12/h4-5,7H,2-3,6,8-10H2,1H3,(H,19,23). The van der Waals surface area contributed by atoms with E-state index in [2.05, 4.69) is 22.6 Å². The van der Waals surface area contributed by atoms with Crippen LogP contribution in [0.1, 0.15) is 28.5 Å². The highest BCUT2D eigenvalue weighted by molar-refractivity contribution is 6.30. The summed E-state index contributed by atoms with van der Waals surface area (Å²) in [5.74, 6) is 0.555. The number of rotatable bonds is 5. The Balaban J connectivity index is 1.41. The van der Waals surface area contributed by atoms with Crippen LogP contribution in [0.3, 0.4) is 0 Å². The van der Waals surface area contributed by atoms with Crippen molar-refractivity contribution in [2.24, 2.45) is 5.41 Å². The second kappa shape index (κ2) is 6.31. The molecule has 0 radical (unpaired) electrons. The first-order valence-electron chi connectivity index (χ1n) is 8.23. The number of amides is 1. The summed E-state index contributed by atoms with van der Waals surface area (Å²) < 4.78 is 12.6. The normalized spacial score (nSPS) is 17.5. The Morgan fingerprint density at radius 2 is 2.28 bits per heavy atom. The van der Waals surface area contributed by atoms with Gasteiger partial charge in [0.05, 0.1) is 32.6 Å². The van der Waals surface area contributed by atoms with Crippen molar-refractivity contribution in [1.29, 1.82) is 0 Å². The van der Waals surface area contributed by atoms with Crippen molar-refractivity contribution in [1.82, 2.24) is 20.3 Å². The predicted octanol–water partition coefficient (Wildman–Crippen LogP) is 1.83. The monoisotopic (exact) mass is 362 g/mol. The van der Waals surface area contributed by atoms with Crippen LogP contribution in [0.2, 0.25) is 5.02 Å². The summed E-state index contributed by atoms with van der Waals surface area (Å²) in [6.45, 7) is 5.19. The molecule has 1 amide bonds. The van der Waals surface area contributed by atoms with Crippen molar-refractivity contribution >= 4 is 17.5 Å². The highest BCUT2D eigenvalue weighted by Gasteiger charge is 2.34. The molecule has 2 aromatic rings. The van der Waals surface area contributed by atoms with Crippen molar-refractivity contribution in [3.8, 4) is 5.75 Å². The molecule has 1 fully saturated rings. The van der Waals surface area contributed by atoms with Crippen molar-refractivity contribution < 1.29 is 14.3 Å². The Kier molecular flexibility index (Phi) is 4.13. The molecule has 132 valence electrons. The Hall–Kier alpha value is -2.12. The second-order valence-electron chi connectivity index (χ2n) is 6.94. The Morgan fingerprint density at radius 1 is 1.44 bits per heavy atom. The van der Waals surface area contributed by atoms with Gasteiger partial charge < -0.3 is 14.8 Å². The minimum Gasteiger partial charge on any atom is -0.493 e. The second-order valence-corrected chi connectivity index (χ2v) is 7.38. The first kappa shape index (κ1) is 16.4. The summed E-state index contributed by atoms with van der Waals surface area (Å²) in [4.78, 5) is 12.3. The van der Waals surface area contributed by atoms with Crippen LogP contribution in [0.25, 0.3) is 0 Å². The molecule has 2 aliphatic heterocycles. The van der Waals surface area contributed by atoms with E-state index in [1.165, 1.54) is 0 Å². The molecule has 8 heteroatoms. The van der Waals surface area contributed by atoms with Crippen molar-refractivity contribution in [2.75, 3.05) is 19.8 Å². The van der Waals surface area contributed by atoms with Gasteiger partial charge in [0.25, 0.3) is 5.91 Å². The zero-order valence-electron chi connectivity index (χ0n) is 13.9. The molecule has 7 nitrogen and oxygen atoms in total. The lowest BCUT2D eigenvalue weighted by Crippen LogP contribution is -2.43. The van der Waals surface area contributed by atoms with Crippen LogP contribution in [0.4, 0.5) is 0 Å². The minimum atomic E-state index is -0.270. The van der Waals surface area contributed by atoms with Crippen molar-refractivity contribution in [3.63, 3.8) is 0 Å². The van der Waals surface area contributed by atoms with Crippen LogP contribution in [0.5, 0.6) is 5.75 Å². The highest BCUT2D eigenvalue weighted by Crippen LogP contribution is 2.32. The molecule has 0 bridgehead atoms. The molecule has 0 aliphatic carbocycles. The first-order chi connectivity index (χ1) is 12.0. The van der Waals surface area contributed by atoms with Gasteiger partial charge in [0.1, 0.15) is 5.75 Å². The molecule has 2 aliphatic rings. The lowest BCUT2D eigenvalue weighted by Gasteiger charge is -2.37. The number of nitrogens with one attached hydrogen (secondary N) is 1. The summed E-state index contributed by atoms with van der Waals surface area (Å²) in [5, 5.41) is 11.5. The highest BCUT2D eigenvalue weighted by atomic mass is 35.5. The molecule has 0 unspecified atom stereocenters. The van der Waals surface area contributed by atoms with Crippen LogP contribution in [0.15, 0.2) is 18.3 Å². The molecule has 0 saturated carbocycles. The van der Waals surface area contributed by atoms with Crippen LogP contribution < -0.4 is 10.1 Å². The number of fused-ring (bicyclic) bond motifs is 1. The van der Waals surface area contributed by atoms with Crippen LogP contribution >= 0.6 is 11.6 Å². The Bertz CT molecular complexity index is 816. The average molecular weight is 363 g/mol. The maximum atomic E-state index is 12.3. The number of ether oxygens (including phenoxy) is 2. The molecule has 1 saturated heterocycles. The SMILES string of the molecule is CC1(Cn2cc(C(=O)NCc3cc(Cl)cc4c3OCC4)nn2)COC1. The van der Waals surface area contributed by atoms with E-state index in [0.717, 1.165) is 23.3 Å². The number of benzene rings is 1. The molecular formula is C17H19ClN4O3. The fourth-order valence-corrected chi connectivity index (χ4v) is 3.42. The zero-order valence-corrected chi connectivity index (χ0v) is 14.7. The van der Waals surface area contributed by atoms with E-state index >= 15 is 0 Å². The number of aromatic nitrogens is 3. The Morgan fingerprint density at radius 3 is 3.04 bits per heavy atom. The fourth-order valence-electron chi connectivity index (χ4n) is 3.16. The van der Waals surface area contributed by atoms with Gasteiger partial charge in [-0.1, -0.05) is 23.7 Å². The van der Waals surface area contributed by atoms with Gasteiger partial charge in [0.15, 0.2) is 5.69 Å². The van der Waals surface area contributed by atoms with Gasteiger partial charge in [-0.3, -0.25) is 9.48 Å². The molecule has 3 heterocycles. The van der Waals surface area contributed by atoms with E-state index in [1.807, 2.05) is 12.1 Å². The van der Waals surface area contributed by atoms with Crippen molar-refractivity contribution in [2.45, 2.75) is 26.4 Å². The number of carbonyl (C=O) groups excluding carboxylic acids is 1. The Labute approximate surface area is 150 Å². The summed E-state index contributed by atoms with van der Waals surface area (Å²) in [6.07, 6.45) is 2.51. The predicted molar refractivity (Wildman–Crippen MR) is 90.8 cm³/mol. The van der Waals surface area contributed by atoms with Gasteiger partial charge >= 0.3 is 0 Å². The first-order valence-corrected chi connectivity index (χ1v) is 8.60.